The summed E-state index contributed by atoms with van der Waals surface area (Å²) in [7, 11) is 0. The van der Waals surface area contributed by atoms with Gasteiger partial charge in [0, 0.05) is 12.6 Å². The summed E-state index contributed by atoms with van der Waals surface area (Å²) in [4.78, 5) is 11.1. The van der Waals surface area contributed by atoms with Crippen LogP contribution in [0.1, 0.15) is 21.5 Å². The van der Waals surface area contributed by atoms with Gasteiger partial charge in [0.15, 0.2) is 0 Å². The molecule has 1 atom stereocenters. The lowest BCUT2D eigenvalue weighted by molar-refractivity contribution is 0.0695. The van der Waals surface area contributed by atoms with Crippen LogP contribution in [0.15, 0.2) is 54.6 Å². The summed E-state index contributed by atoms with van der Waals surface area (Å²) in [6.45, 7) is 0.421. The molecule has 21 heavy (non-hydrogen) atoms. The number of hydrogen-bond acceptors (Lipinski definition) is 3. The number of benzene rings is 2. The standard InChI is InChI=1S/C17H19NO3/c19-12-15(10-13-6-2-1-3-7-13)18-11-14-8-4-5-9-16(14)17(20)21/h1-9,15,18-19H,10-12H2,(H,20,21). The maximum Gasteiger partial charge on any atom is 0.336 e. The van der Waals surface area contributed by atoms with Crippen molar-refractivity contribution in [3.8, 4) is 0 Å². The Hall–Kier alpha value is -2.17. The topological polar surface area (TPSA) is 69.6 Å². The number of aromatic carboxylic acids is 1. The first-order chi connectivity index (χ1) is 10.2. The molecule has 0 aliphatic carbocycles. The molecule has 2 rings (SSSR count). The fraction of sp³-hybridized carbons (Fsp3) is 0.235. The Bertz CT molecular complexity index is 584. The van der Waals surface area contributed by atoms with Crippen molar-refractivity contribution in [1.82, 2.24) is 5.32 Å². The predicted octanol–water partition coefficient (Wildman–Crippen LogP) is 2.08. The molecule has 0 radical (unpaired) electrons. The first-order valence-electron chi connectivity index (χ1n) is 6.90. The highest BCUT2D eigenvalue weighted by atomic mass is 16.4. The van der Waals surface area contributed by atoms with Gasteiger partial charge in [-0.05, 0) is 23.6 Å². The molecule has 0 aliphatic heterocycles. The van der Waals surface area contributed by atoms with Gasteiger partial charge in [-0.25, -0.2) is 4.79 Å². The minimum atomic E-state index is -0.934. The van der Waals surface area contributed by atoms with Crippen LogP contribution >= 0.6 is 0 Å². The van der Waals surface area contributed by atoms with Gasteiger partial charge in [0.1, 0.15) is 0 Å². The maximum atomic E-state index is 11.1. The van der Waals surface area contributed by atoms with Crippen LogP contribution in [0.4, 0.5) is 0 Å². The monoisotopic (exact) mass is 285 g/mol. The van der Waals surface area contributed by atoms with E-state index in [0.29, 0.717) is 18.5 Å². The summed E-state index contributed by atoms with van der Waals surface area (Å²) in [5.74, 6) is -0.934. The number of carboxylic acid groups (broad SMARTS) is 1. The average molecular weight is 285 g/mol. The highest BCUT2D eigenvalue weighted by molar-refractivity contribution is 5.89. The number of carboxylic acids is 1. The highest BCUT2D eigenvalue weighted by Crippen LogP contribution is 2.10. The molecule has 110 valence electrons. The molecular formula is C17H19NO3. The van der Waals surface area contributed by atoms with Crippen molar-refractivity contribution in [2.45, 2.75) is 19.0 Å². The normalized spacial score (nSPS) is 12.0. The van der Waals surface area contributed by atoms with Crippen LogP contribution in [0.5, 0.6) is 0 Å². The number of aliphatic hydroxyl groups is 1. The zero-order chi connectivity index (χ0) is 15.1. The van der Waals surface area contributed by atoms with E-state index in [1.54, 1.807) is 18.2 Å². The van der Waals surface area contributed by atoms with Crippen molar-refractivity contribution < 1.29 is 15.0 Å². The van der Waals surface area contributed by atoms with E-state index >= 15 is 0 Å². The predicted molar refractivity (Wildman–Crippen MR) is 81.3 cm³/mol. The lowest BCUT2D eigenvalue weighted by Gasteiger charge is -2.17. The Morgan fingerprint density at radius 1 is 1.05 bits per heavy atom. The van der Waals surface area contributed by atoms with Crippen molar-refractivity contribution in [3.05, 3.63) is 71.3 Å². The van der Waals surface area contributed by atoms with Crippen molar-refractivity contribution in [1.29, 1.82) is 0 Å². The van der Waals surface area contributed by atoms with Crippen molar-refractivity contribution in [2.75, 3.05) is 6.61 Å². The lowest BCUT2D eigenvalue weighted by Crippen LogP contribution is -2.34. The van der Waals surface area contributed by atoms with Crippen LogP contribution in [-0.2, 0) is 13.0 Å². The zero-order valence-corrected chi connectivity index (χ0v) is 11.7. The van der Waals surface area contributed by atoms with Gasteiger partial charge < -0.3 is 15.5 Å². The third-order valence-corrected chi connectivity index (χ3v) is 3.37. The number of nitrogens with one attached hydrogen (secondary N) is 1. The summed E-state index contributed by atoms with van der Waals surface area (Å²) >= 11 is 0. The molecule has 0 bridgehead atoms. The molecule has 0 heterocycles. The Morgan fingerprint density at radius 2 is 1.71 bits per heavy atom. The molecule has 4 heteroatoms. The van der Waals surface area contributed by atoms with Crippen LogP contribution in [0.2, 0.25) is 0 Å². The molecule has 0 aliphatic rings. The summed E-state index contributed by atoms with van der Waals surface area (Å²) in [5, 5.41) is 21.8. The summed E-state index contributed by atoms with van der Waals surface area (Å²) in [5.41, 5.74) is 2.15. The fourth-order valence-electron chi connectivity index (χ4n) is 2.24. The molecule has 3 N–H and O–H groups in total. The van der Waals surface area contributed by atoms with Gasteiger partial charge in [0.25, 0.3) is 0 Å². The fourth-order valence-corrected chi connectivity index (χ4v) is 2.24. The summed E-state index contributed by atoms with van der Waals surface area (Å²) < 4.78 is 0. The molecule has 0 aromatic heterocycles. The number of aliphatic hydroxyl groups excluding tert-OH is 1. The van der Waals surface area contributed by atoms with Crippen molar-refractivity contribution in [2.24, 2.45) is 0 Å². The van der Waals surface area contributed by atoms with E-state index in [1.807, 2.05) is 36.4 Å². The van der Waals surface area contributed by atoms with Crippen molar-refractivity contribution >= 4 is 5.97 Å². The number of hydrogen-bond donors (Lipinski definition) is 3. The van der Waals surface area contributed by atoms with Gasteiger partial charge in [-0.1, -0.05) is 48.5 Å². The molecule has 1 unspecified atom stereocenters. The lowest BCUT2D eigenvalue weighted by atomic mass is 10.0. The third-order valence-electron chi connectivity index (χ3n) is 3.37. The third kappa shape index (κ3) is 4.41. The van der Waals surface area contributed by atoms with E-state index in [4.69, 9.17) is 5.11 Å². The molecule has 0 fully saturated rings. The van der Waals surface area contributed by atoms with E-state index in [9.17, 15) is 9.90 Å². The molecule has 2 aromatic rings. The average Bonchev–Trinajstić information content (AvgIpc) is 2.52. The smallest absolute Gasteiger partial charge is 0.336 e. The molecule has 0 amide bonds. The first-order valence-corrected chi connectivity index (χ1v) is 6.90. The largest absolute Gasteiger partial charge is 0.478 e. The molecule has 4 nitrogen and oxygen atoms in total. The van der Waals surface area contributed by atoms with E-state index in [-0.39, 0.29) is 12.6 Å². The van der Waals surface area contributed by atoms with Gasteiger partial charge in [0.05, 0.1) is 12.2 Å². The molecular weight excluding hydrogens is 266 g/mol. The molecule has 2 aromatic carbocycles. The second-order valence-corrected chi connectivity index (χ2v) is 4.91. The molecule has 0 saturated carbocycles. The Labute approximate surface area is 124 Å². The SMILES string of the molecule is O=C(O)c1ccccc1CNC(CO)Cc1ccccc1. The minimum Gasteiger partial charge on any atom is -0.478 e. The van der Waals surface area contributed by atoms with Gasteiger partial charge in [-0.2, -0.15) is 0 Å². The Kier molecular flexibility index (Phi) is 5.49. The second-order valence-electron chi connectivity index (χ2n) is 4.91. The van der Waals surface area contributed by atoms with Gasteiger partial charge in [0.2, 0.25) is 0 Å². The Balaban J connectivity index is 1.99. The van der Waals surface area contributed by atoms with Gasteiger partial charge in [-0.3, -0.25) is 0 Å². The second kappa shape index (κ2) is 7.57. The minimum absolute atomic E-state index is 0.00410. The van der Waals surface area contributed by atoms with Gasteiger partial charge in [-0.15, -0.1) is 0 Å². The molecule has 0 saturated heterocycles. The van der Waals surface area contributed by atoms with Crippen LogP contribution in [0.3, 0.4) is 0 Å². The van der Waals surface area contributed by atoms with Crippen LogP contribution in [0.25, 0.3) is 0 Å². The maximum absolute atomic E-state index is 11.1. The van der Waals surface area contributed by atoms with E-state index in [2.05, 4.69) is 5.32 Å². The number of carbonyl (C=O) groups is 1. The summed E-state index contributed by atoms with van der Waals surface area (Å²) in [6.07, 6.45) is 0.701. The molecule has 0 spiro atoms. The summed E-state index contributed by atoms with van der Waals surface area (Å²) in [6, 6.07) is 16.7. The van der Waals surface area contributed by atoms with E-state index < -0.39 is 5.97 Å². The number of rotatable bonds is 7. The Morgan fingerprint density at radius 3 is 2.38 bits per heavy atom. The van der Waals surface area contributed by atoms with Crippen LogP contribution in [-0.4, -0.2) is 28.8 Å². The van der Waals surface area contributed by atoms with E-state index in [1.165, 1.54) is 0 Å². The van der Waals surface area contributed by atoms with Crippen molar-refractivity contribution in [3.63, 3.8) is 0 Å². The van der Waals surface area contributed by atoms with Crippen LogP contribution in [0, 0.1) is 0 Å². The highest BCUT2D eigenvalue weighted by Gasteiger charge is 2.12. The first kappa shape index (κ1) is 15.2. The quantitative estimate of drug-likeness (QED) is 0.728. The van der Waals surface area contributed by atoms with Gasteiger partial charge >= 0.3 is 5.97 Å². The van der Waals surface area contributed by atoms with E-state index in [0.717, 1.165) is 11.1 Å². The zero-order valence-electron chi connectivity index (χ0n) is 11.7. The van der Waals surface area contributed by atoms with Crippen LogP contribution < -0.4 is 5.32 Å².